The van der Waals surface area contributed by atoms with Crippen LogP contribution in [-0.4, -0.2) is 30.1 Å². The van der Waals surface area contributed by atoms with Crippen LogP contribution < -0.4 is 14.4 Å². The minimum Gasteiger partial charge on any atom is -0.457 e. The van der Waals surface area contributed by atoms with Crippen molar-refractivity contribution in [2.24, 2.45) is 10.1 Å². The Morgan fingerprint density at radius 1 is 0.977 bits per heavy atom. The number of rotatable bonds is 8. The Hall–Kier alpha value is -4.80. The summed E-state index contributed by atoms with van der Waals surface area (Å²) in [6.45, 7) is 1.14. The zero-order valence-electron chi connectivity index (χ0n) is 22.5. The molecule has 216 valence electrons. The van der Waals surface area contributed by atoms with Crippen molar-refractivity contribution in [3.63, 3.8) is 0 Å². The molecule has 0 N–H and O–H groups in total. The Labute approximate surface area is 254 Å². The molecule has 43 heavy (non-hydrogen) atoms. The van der Waals surface area contributed by atoms with E-state index in [4.69, 9.17) is 31.2 Å². The van der Waals surface area contributed by atoms with Gasteiger partial charge in [-0.2, -0.15) is 5.10 Å². The van der Waals surface area contributed by atoms with Gasteiger partial charge in [-0.3, -0.25) is 9.89 Å². The lowest BCUT2D eigenvalue weighted by atomic mass is 10.1. The first-order valence-corrected chi connectivity index (χ1v) is 14.5. The number of nitrogens with zero attached hydrogens (tertiary/aromatic N) is 4. The molecule has 1 aliphatic rings. The molecule has 2 heterocycles. The molecular formula is C32H23ClF2N4O3S. The summed E-state index contributed by atoms with van der Waals surface area (Å²) in [6.07, 6.45) is 1.13. The number of carbonyl (C=O) groups is 1. The molecule has 0 saturated carbocycles. The fourth-order valence-corrected chi connectivity index (χ4v) is 5.41. The third kappa shape index (κ3) is 6.66. The third-order valence-corrected chi connectivity index (χ3v) is 7.63. The lowest BCUT2D eigenvalue weighted by Gasteiger charge is -2.13. The molecule has 0 bridgehead atoms. The van der Waals surface area contributed by atoms with E-state index in [9.17, 15) is 13.6 Å². The van der Waals surface area contributed by atoms with Crippen LogP contribution in [0.4, 0.5) is 19.3 Å². The molecule has 6 rings (SSSR count). The SMILES string of the molecule is O=C1OCCN1c1ccc(-c2csc(=NCc3ccc(F)cc3)n2/N=C/c2cc(F)ccc2Oc2cccc(Cl)c2)cc1. The number of amides is 1. The Morgan fingerprint density at radius 3 is 2.51 bits per heavy atom. The van der Waals surface area contributed by atoms with Gasteiger partial charge in [0, 0.05) is 27.2 Å². The Bertz CT molecular complexity index is 1870. The maximum Gasteiger partial charge on any atom is 0.414 e. The molecule has 1 saturated heterocycles. The maximum absolute atomic E-state index is 14.3. The molecule has 1 amide bonds. The third-order valence-electron chi connectivity index (χ3n) is 6.54. The standard InChI is InChI=1S/C32H23ClF2N4O3S/c33-24-2-1-3-28(17-24)42-30-13-10-26(35)16-23(30)19-37-39-29(20-43-31(39)36-18-21-4-8-25(34)9-5-21)22-6-11-27(12-7-22)38-14-15-41-32(38)40/h1-13,16-17,19-20H,14-15,18H2/b36-31?,37-19+. The number of carbonyl (C=O) groups excluding carboxylic acids is 1. The number of halogens is 3. The van der Waals surface area contributed by atoms with Gasteiger partial charge in [-0.25, -0.2) is 18.3 Å². The van der Waals surface area contributed by atoms with Gasteiger partial charge in [-0.1, -0.05) is 41.9 Å². The Balaban J connectivity index is 1.37. The molecule has 0 spiro atoms. The van der Waals surface area contributed by atoms with Gasteiger partial charge < -0.3 is 9.47 Å². The van der Waals surface area contributed by atoms with E-state index < -0.39 is 5.82 Å². The van der Waals surface area contributed by atoms with Gasteiger partial charge in [0.05, 0.1) is 25.0 Å². The van der Waals surface area contributed by atoms with Crippen molar-refractivity contribution >= 4 is 40.9 Å². The van der Waals surface area contributed by atoms with Crippen LogP contribution in [0.15, 0.2) is 106 Å². The fraction of sp³-hybridized carbons (Fsp3) is 0.0938. The van der Waals surface area contributed by atoms with Crippen LogP contribution in [0.5, 0.6) is 11.5 Å². The minimum atomic E-state index is -0.451. The van der Waals surface area contributed by atoms with E-state index in [1.54, 1.807) is 46.0 Å². The average Bonchev–Trinajstić information content (AvgIpc) is 3.63. The first kappa shape index (κ1) is 28.3. The fourth-order valence-electron chi connectivity index (χ4n) is 4.40. The summed E-state index contributed by atoms with van der Waals surface area (Å²) in [7, 11) is 0. The number of thiazole rings is 1. The van der Waals surface area contributed by atoms with E-state index in [0.29, 0.717) is 46.6 Å². The Morgan fingerprint density at radius 2 is 1.77 bits per heavy atom. The topological polar surface area (TPSA) is 68.4 Å². The molecule has 0 aliphatic carbocycles. The van der Waals surface area contributed by atoms with Crippen molar-refractivity contribution in [2.45, 2.75) is 6.54 Å². The molecule has 0 atom stereocenters. The summed E-state index contributed by atoms with van der Waals surface area (Å²) in [5.74, 6) is 0.108. The number of ether oxygens (including phenoxy) is 2. The van der Waals surface area contributed by atoms with Gasteiger partial charge in [0.2, 0.25) is 4.80 Å². The quantitative estimate of drug-likeness (QED) is 0.167. The monoisotopic (exact) mass is 616 g/mol. The van der Waals surface area contributed by atoms with E-state index in [1.165, 1.54) is 47.9 Å². The minimum absolute atomic E-state index is 0.300. The normalized spacial score (nSPS) is 13.6. The zero-order valence-corrected chi connectivity index (χ0v) is 24.1. The maximum atomic E-state index is 14.3. The smallest absolute Gasteiger partial charge is 0.414 e. The van der Waals surface area contributed by atoms with Crippen LogP contribution >= 0.6 is 22.9 Å². The predicted octanol–water partition coefficient (Wildman–Crippen LogP) is 7.88. The lowest BCUT2D eigenvalue weighted by Crippen LogP contribution is -2.23. The summed E-state index contributed by atoms with van der Waals surface area (Å²) in [4.78, 5) is 18.9. The highest BCUT2D eigenvalue weighted by Gasteiger charge is 2.23. The predicted molar refractivity (Wildman–Crippen MR) is 163 cm³/mol. The van der Waals surface area contributed by atoms with Gasteiger partial charge in [-0.05, 0) is 66.2 Å². The number of anilines is 1. The Kier molecular flexibility index (Phi) is 8.30. The van der Waals surface area contributed by atoms with Crippen molar-refractivity contribution in [1.29, 1.82) is 0 Å². The van der Waals surface area contributed by atoms with Gasteiger partial charge in [0.1, 0.15) is 29.7 Å². The van der Waals surface area contributed by atoms with Crippen LogP contribution in [0.2, 0.25) is 5.02 Å². The highest BCUT2D eigenvalue weighted by Crippen LogP contribution is 2.28. The second kappa shape index (κ2) is 12.6. The zero-order chi connectivity index (χ0) is 29.8. The first-order chi connectivity index (χ1) is 20.9. The lowest BCUT2D eigenvalue weighted by molar-refractivity contribution is 0.181. The molecule has 1 aliphatic heterocycles. The number of benzene rings is 4. The number of hydrogen-bond acceptors (Lipinski definition) is 6. The molecule has 11 heteroatoms. The van der Waals surface area contributed by atoms with Crippen LogP contribution in [-0.2, 0) is 11.3 Å². The van der Waals surface area contributed by atoms with Gasteiger partial charge in [0.25, 0.3) is 0 Å². The van der Waals surface area contributed by atoms with Crippen molar-refractivity contribution in [2.75, 3.05) is 18.1 Å². The van der Waals surface area contributed by atoms with E-state index in [2.05, 4.69) is 0 Å². The van der Waals surface area contributed by atoms with Crippen LogP contribution in [0.25, 0.3) is 11.3 Å². The number of hydrogen-bond donors (Lipinski definition) is 0. The summed E-state index contributed by atoms with van der Waals surface area (Å²) in [6, 6.07) is 24.6. The van der Waals surface area contributed by atoms with Gasteiger partial charge in [-0.15, -0.1) is 11.3 Å². The second-order valence-corrected chi connectivity index (χ2v) is 10.7. The van der Waals surface area contributed by atoms with Crippen molar-refractivity contribution in [1.82, 2.24) is 4.68 Å². The van der Waals surface area contributed by atoms with E-state index in [0.717, 1.165) is 22.5 Å². The highest BCUT2D eigenvalue weighted by molar-refractivity contribution is 7.07. The van der Waals surface area contributed by atoms with E-state index in [-0.39, 0.29) is 11.9 Å². The van der Waals surface area contributed by atoms with Crippen molar-refractivity contribution in [3.05, 3.63) is 129 Å². The molecule has 1 aromatic heterocycles. The van der Waals surface area contributed by atoms with E-state index in [1.807, 2.05) is 29.6 Å². The largest absolute Gasteiger partial charge is 0.457 e. The molecule has 5 aromatic rings. The van der Waals surface area contributed by atoms with Gasteiger partial charge >= 0.3 is 6.09 Å². The molecule has 0 unspecified atom stereocenters. The molecule has 1 fully saturated rings. The second-order valence-electron chi connectivity index (χ2n) is 9.46. The van der Waals surface area contributed by atoms with Gasteiger partial charge in [0.15, 0.2) is 0 Å². The number of aromatic nitrogens is 1. The number of cyclic esters (lactones) is 1. The van der Waals surface area contributed by atoms with Crippen molar-refractivity contribution in [3.8, 4) is 22.8 Å². The molecular weight excluding hydrogens is 594 g/mol. The molecule has 0 radical (unpaired) electrons. The summed E-state index contributed by atoms with van der Waals surface area (Å²) in [5.41, 5.74) is 3.50. The van der Waals surface area contributed by atoms with Crippen LogP contribution in [0.3, 0.4) is 0 Å². The van der Waals surface area contributed by atoms with Crippen LogP contribution in [0.1, 0.15) is 11.1 Å². The molecule has 4 aromatic carbocycles. The molecule has 7 nitrogen and oxygen atoms in total. The van der Waals surface area contributed by atoms with Crippen LogP contribution in [0, 0.1) is 11.6 Å². The van der Waals surface area contributed by atoms with E-state index >= 15 is 0 Å². The highest BCUT2D eigenvalue weighted by atomic mass is 35.5. The summed E-state index contributed by atoms with van der Waals surface area (Å²) >= 11 is 7.48. The van der Waals surface area contributed by atoms with Crippen molar-refractivity contribution < 1.29 is 23.0 Å². The summed E-state index contributed by atoms with van der Waals surface area (Å²) in [5, 5.41) is 7.12. The first-order valence-electron chi connectivity index (χ1n) is 13.2. The summed E-state index contributed by atoms with van der Waals surface area (Å²) < 4.78 is 40.5. The average molecular weight is 617 g/mol.